The molecule has 1 aliphatic heterocycles. The van der Waals surface area contributed by atoms with Crippen LogP contribution in [0.2, 0.25) is 0 Å². The van der Waals surface area contributed by atoms with Gasteiger partial charge in [0.05, 0.1) is 29.7 Å². The molecule has 0 bridgehead atoms. The molecule has 10 heteroatoms. The summed E-state index contributed by atoms with van der Waals surface area (Å²) < 4.78 is 57.0. The normalized spacial score (nSPS) is 18.0. The lowest BCUT2D eigenvalue weighted by Crippen LogP contribution is -2.25. The summed E-state index contributed by atoms with van der Waals surface area (Å²) in [6.07, 6.45) is 2.81. The summed E-state index contributed by atoms with van der Waals surface area (Å²) in [6, 6.07) is 9.53. The van der Waals surface area contributed by atoms with E-state index in [0.717, 1.165) is 10.7 Å². The fourth-order valence-corrected chi connectivity index (χ4v) is 4.26. The zero-order valence-corrected chi connectivity index (χ0v) is 15.9. The van der Waals surface area contributed by atoms with Gasteiger partial charge in [0.1, 0.15) is 11.8 Å². The second kappa shape index (κ2) is 6.76. The Labute approximate surface area is 152 Å². The number of hydrogen-bond donors (Lipinski definition) is 1. The summed E-state index contributed by atoms with van der Waals surface area (Å²) in [5.74, 6) is 0.402. The minimum absolute atomic E-state index is 0.0711. The van der Waals surface area contributed by atoms with E-state index in [0.29, 0.717) is 22.7 Å². The van der Waals surface area contributed by atoms with E-state index in [9.17, 15) is 16.8 Å². The molecule has 8 nitrogen and oxygen atoms in total. The first-order valence-corrected chi connectivity index (χ1v) is 11.4. The first-order chi connectivity index (χ1) is 12.2. The molecule has 0 amide bonds. The van der Waals surface area contributed by atoms with E-state index in [2.05, 4.69) is 9.82 Å². The minimum atomic E-state index is -3.62. The molecular weight excluding hydrogens is 378 g/mol. The van der Waals surface area contributed by atoms with E-state index in [1.165, 1.54) is 13.2 Å². The maximum atomic E-state index is 12.1. The van der Waals surface area contributed by atoms with Crippen molar-refractivity contribution in [3.63, 3.8) is 0 Å². The SMILES string of the molecule is CCS(=O)(=O)Nc1ccccc1C1=NN(S(C)(=O)=O)[C@@H](c2ccco2)C1. The third-order valence-corrected chi connectivity index (χ3v) is 6.27. The largest absolute Gasteiger partial charge is 0.467 e. The van der Waals surface area contributed by atoms with Gasteiger partial charge in [0.2, 0.25) is 20.0 Å². The van der Waals surface area contributed by atoms with E-state index in [1.54, 1.807) is 36.4 Å². The molecule has 3 rings (SSSR count). The van der Waals surface area contributed by atoms with Crippen LogP contribution >= 0.6 is 0 Å². The van der Waals surface area contributed by atoms with Crippen molar-refractivity contribution in [3.05, 3.63) is 54.0 Å². The van der Waals surface area contributed by atoms with Gasteiger partial charge < -0.3 is 4.42 Å². The molecular formula is C16H19N3O5S2. The Morgan fingerprint density at radius 2 is 1.92 bits per heavy atom. The highest BCUT2D eigenvalue weighted by Gasteiger charge is 2.36. The van der Waals surface area contributed by atoms with Gasteiger partial charge in [-0.2, -0.15) is 9.52 Å². The standard InChI is InChI=1S/C16H19N3O5S2/c1-3-26(22,23)18-13-8-5-4-7-12(13)14-11-15(16-9-6-10-24-16)19(17-14)25(2,20)21/h4-10,15,18H,3,11H2,1-2H3/t15-/m1/s1. The van der Waals surface area contributed by atoms with Crippen LogP contribution in [0.15, 0.2) is 52.2 Å². The highest BCUT2D eigenvalue weighted by atomic mass is 32.2. The zero-order valence-electron chi connectivity index (χ0n) is 14.3. The maximum absolute atomic E-state index is 12.1. The third-order valence-electron chi connectivity index (χ3n) is 3.97. The van der Waals surface area contributed by atoms with Crippen molar-refractivity contribution >= 4 is 31.4 Å². The summed E-state index contributed by atoms with van der Waals surface area (Å²) in [4.78, 5) is 0. The van der Waals surface area contributed by atoms with E-state index < -0.39 is 26.1 Å². The van der Waals surface area contributed by atoms with E-state index >= 15 is 0 Å². The van der Waals surface area contributed by atoms with Crippen LogP contribution in [0.3, 0.4) is 0 Å². The average molecular weight is 397 g/mol. The molecule has 1 aromatic heterocycles. The van der Waals surface area contributed by atoms with Gasteiger partial charge in [-0.3, -0.25) is 4.72 Å². The number of nitrogens with one attached hydrogen (secondary N) is 1. The van der Waals surface area contributed by atoms with Crippen LogP contribution in [0.25, 0.3) is 0 Å². The maximum Gasteiger partial charge on any atom is 0.247 e. The van der Waals surface area contributed by atoms with E-state index in [1.807, 2.05) is 0 Å². The molecule has 0 fully saturated rings. The van der Waals surface area contributed by atoms with Crippen molar-refractivity contribution in [2.24, 2.45) is 5.10 Å². The Balaban J connectivity index is 2.03. The van der Waals surface area contributed by atoms with E-state index in [-0.39, 0.29) is 12.2 Å². The molecule has 0 aliphatic carbocycles. The van der Waals surface area contributed by atoms with Crippen LogP contribution < -0.4 is 4.72 Å². The first kappa shape index (κ1) is 18.5. The second-order valence-corrected chi connectivity index (χ2v) is 9.72. The summed E-state index contributed by atoms with van der Waals surface area (Å²) in [5, 5.41) is 4.25. The fourth-order valence-electron chi connectivity index (χ4n) is 2.71. The van der Waals surface area contributed by atoms with Crippen LogP contribution in [0, 0.1) is 0 Å². The quantitative estimate of drug-likeness (QED) is 0.803. The molecule has 1 atom stereocenters. The molecule has 2 heterocycles. The predicted octanol–water partition coefficient (Wildman–Crippen LogP) is 2.15. The van der Waals surface area contributed by atoms with Gasteiger partial charge in [-0.25, -0.2) is 16.8 Å². The monoisotopic (exact) mass is 397 g/mol. The van der Waals surface area contributed by atoms with Crippen LogP contribution in [-0.2, 0) is 20.0 Å². The lowest BCUT2D eigenvalue weighted by Gasteiger charge is -2.18. The molecule has 0 spiro atoms. The molecule has 0 saturated carbocycles. The van der Waals surface area contributed by atoms with Crippen molar-refractivity contribution in [2.45, 2.75) is 19.4 Å². The van der Waals surface area contributed by atoms with Gasteiger partial charge in [-0.05, 0) is 25.1 Å². The topological polar surface area (TPSA) is 109 Å². The van der Waals surface area contributed by atoms with Gasteiger partial charge in [0.15, 0.2) is 0 Å². The molecule has 26 heavy (non-hydrogen) atoms. The molecule has 1 aromatic carbocycles. The number of benzene rings is 1. The number of hydrogen-bond acceptors (Lipinski definition) is 6. The van der Waals surface area contributed by atoms with E-state index in [4.69, 9.17) is 4.42 Å². The number of para-hydroxylation sites is 1. The number of rotatable bonds is 6. The van der Waals surface area contributed by atoms with Crippen LogP contribution in [0.1, 0.15) is 30.7 Å². The number of furan rings is 1. The van der Waals surface area contributed by atoms with Gasteiger partial charge in [0.25, 0.3) is 0 Å². The van der Waals surface area contributed by atoms with Gasteiger partial charge in [-0.15, -0.1) is 0 Å². The summed E-state index contributed by atoms with van der Waals surface area (Å²) in [5.41, 5.74) is 1.36. The summed E-state index contributed by atoms with van der Waals surface area (Å²) in [7, 11) is -7.10. The Morgan fingerprint density at radius 1 is 1.19 bits per heavy atom. The lowest BCUT2D eigenvalue weighted by molar-refractivity contribution is 0.322. The van der Waals surface area contributed by atoms with Crippen molar-refractivity contribution in [1.82, 2.24) is 4.41 Å². The molecule has 1 aliphatic rings. The van der Waals surface area contributed by atoms with Crippen LogP contribution in [-0.4, -0.2) is 39.0 Å². The first-order valence-electron chi connectivity index (χ1n) is 7.91. The fraction of sp³-hybridized carbons (Fsp3) is 0.312. The molecule has 0 unspecified atom stereocenters. The molecule has 0 radical (unpaired) electrons. The average Bonchev–Trinajstić information content (AvgIpc) is 3.24. The summed E-state index contributed by atoms with van der Waals surface area (Å²) in [6.45, 7) is 1.54. The Morgan fingerprint density at radius 3 is 2.54 bits per heavy atom. The van der Waals surface area contributed by atoms with Crippen LogP contribution in [0.4, 0.5) is 5.69 Å². The van der Waals surface area contributed by atoms with Gasteiger partial charge in [0, 0.05) is 12.0 Å². The highest BCUT2D eigenvalue weighted by Crippen LogP contribution is 2.36. The molecule has 0 saturated heterocycles. The molecule has 1 N–H and O–H groups in total. The number of nitrogens with zero attached hydrogens (tertiary/aromatic N) is 2. The second-order valence-electron chi connectivity index (χ2n) is 5.87. The number of sulfonamides is 2. The smallest absolute Gasteiger partial charge is 0.247 e. The summed E-state index contributed by atoms with van der Waals surface area (Å²) >= 11 is 0. The number of anilines is 1. The molecule has 2 aromatic rings. The van der Waals surface area contributed by atoms with Gasteiger partial charge in [-0.1, -0.05) is 18.2 Å². The van der Waals surface area contributed by atoms with Gasteiger partial charge >= 0.3 is 0 Å². The number of hydrazone groups is 1. The third kappa shape index (κ3) is 3.75. The zero-order chi connectivity index (χ0) is 18.9. The Bertz CT molecular complexity index is 1030. The van der Waals surface area contributed by atoms with Crippen molar-refractivity contribution in [3.8, 4) is 0 Å². The Hall–Kier alpha value is -2.33. The van der Waals surface area contributed by atoms with Crippen molar-refractivity contribution in [1.29, 1.82) is 0 Å². The predicted molar refractivity (Wildman–Crippen MR) is 98.8 cm³/mol. The lowest BCUT2D eigenvalue weighted by atomic mass is 10.0. The van der Waals surface area contributed by atoms with Crippen LogP contribution in [0.5, 0.6) is 0 Å². The van der Waals surface area contributed by atoms with Crippen molar-refractivity contribution in [2.75, 3.05) is 16.7 Å². The van der Waals surface area contributed by atoms with Crippen molar-refractivity contribution < 1.29 is 21.3 Å². The Kier molecular flexibility index (Phi) is 4.80. The molecule has 140 valence electrons. The minimum Gasteiger partial charge on any atom is -0.467 e. The highest BCUT2D eigenvalue weighted by molar-refractivity contribution is 7.92.